The maximum absolute atomic E-state index is 13.4. The van der Waals surface area contributed by atoms with E-state index in [-0.39, 0.29) is 11.2 Å². The van der Waals surface area contributed by atoms with Crippen molar-refractivity contribution in [3.63, 3.8) is 0 Å². The molecule has 4 heteroatoms. The molecule has 0 spiro atoms. The molecule has 1 saturated heterocycles. The topological polar surface area (TPSA) is 38.8 Å². The molecule has 0 aromatic heterocycles. The predicted molar refractivity (Wildman–Crippen MR) is 142 cm³/mol. The van der Waals surface area contributed by atoms with Crippen molar-refractivity contribution < 1.29 is 14.3 Å². The number of unbranched alkanes of at least 4 members (excludes halogenated alkanes) is 1. The number of hydrogen-bond donors (Lipinski definition) is 0. The van der Waals surface area contributed by atoms with Crippen LogP contribution < -0.4 is 9.47 Å². The first kappa shape index (κ1) is 24.1. The summed E-state index contributed by atoms with van der Waals surface area (Å²) in [5.74, 6) is 2.05. The van der Waals surface area contributed by atoms with E-state index in [2.05, 4.69) is 36.1 Å². The molecule has 1 fully saturated rings. The molecule has 0 amide bonds. The fourth-order valence-corrected chi connectivity index (χ4v) is 6.41. The summed E-state index contributed by atoms with van der Waals surface area (Å²) >= 11 is 0. The summed E-state index contributed by atoms with van der Waals surface area (Å²) in [6, 6.07) is 14.7. The van der Waals surface area contributed by atoms with Gasteiger partial charge in [0.25, 0.3) is 0 Å². The average Bonchev–Trinajstić information content (AvgIpc) is 3.22. The molecule has 5 rings (SSSR count). The molecule has 1 heterocycles. The van der Waals surface area contributed by atoms with Gasteiger partial charge < -0.3 is 9.47 Å². The Hall–Kier alpha value is -2.59. The number of carbonyl (C=O) groups is 1. The zero-order valence-corrected chi connectivity index (χ0v) is 21.4. The first-order valence-electron chi connectivity index (χ1n) is 13.5. The minimum Gasteiger partial charge on any atom is -0.497 e. The summed E-state index contributed by atoms with van der Waals surface area (Å²) in [6.07, 6.45) is 10.0. The van der Waals surface area contributed by atoms with Crippen molar-refractivity contribution in [1.82, 2.24) is 4.90 Å². The van der Waals surface area contributed by atoms with Gasteiger partial charge in [0.15, 0.2) is 5.78 Å². The monoisotopic (exact) mass is 473 g/mol. The van der Waals surface area contributed by atoms with Crippen LogP contribution in [-0.4, -0.2) is 44.0 Å². The maximum Gasteiger partial charge on any atom is 0.163 e. The van der Waals surface area contributed by atoms with E-state index in [1.165, 1.54) is 61.9 Å². The molecule has 0 radical (unpaired) electrons. The SMILES string of the molecule is CCCCC12CCC(=O)C(c3ccc(OCCN4CCCCC4)cc3)=C1c1ccc(OC)cc1C2. The van der Waals surface area contributed by atoms with Crippen molar-refractivity contribution >= 4 is 16.9 Å². The van der Waals surface area contributed by atoms with E-state index in [9.17, 15) is 4.79 Å². The summed E-state index contributed by atoms with van der Waals surface area (Å²) < 4.78 is 11.6. The van der Waals surface area contributed by atoms with E-state index in [1.54, 1.807) is 7.11 Å². The van der Waals surface area contributed by atoms with Crippen LogP contribution >= 0.6 is 0 Å². The Kier molecular flexibility index (Phi) is 7.29. The Bertz CT molecular complexity index is 1080. The second-order valence-corrected chi connectivity index (χ2v) is 10.5. The van der Waals surface area contributed by atoms with E-state index in [0.29, 0.717) is 13.0 Å². The number of benzene rings is 2. The number of piperidine rings is 1. The Morgan fingerprint density at radius 3 is 2.51 bits per heavy atom. The Balaban J connectivity index is 1.43. The Labute approximate surface area is 210 Å². The fourth-order valence-electron chi connectivity index (χ4n) is 6.41. The third-order valence-corrected chi connectivity index (χ3v) is 8.28. The second kappa shape index (κ2) is 10.6. The van der Waals surface area contributed by atoms with Crippen molar-refractivity contribution in [1.29, 1.82) is 0 Å². The van der Waals surface area contributed by atoms with E-state index >= 15 is 0 Å². The number of rotatable bonds is 9. The summed E-state index contributed by atoms with van der Waals surface area (Å²) in [6.45, 7) is 6.32. The van der Waals surface area contributed by atoms with Crippen LogP contribution in [0.2, 0.25) is 0 Å². The van der Waals surface area contributed by atoms with Crippen molar-refractivity contribution in [2.24, 2.45) is 5.41 Å². The minimum atomic E-state index is 0.0531. The number of nitrogens with zero attached hydrogens (tertiary/aromatic N) is 1. The molecule has 1 atom stereocenters. The molecule has 186 valence electrons. The number of ether oxygens (including phenoxy) is 2. The van der Waals surface area contributed by atoms with Gasteiger partial charge in [0, 0.05) is 24.0 Å². The van der Waals surface area contributed by atoms with Crippen LogP contribution in [0.4, 0.5) is 0 Å². The molecule has 2 aromatic rings. The molecule has 2 aromatic carbocycles. The van der Waals surface area contributed by atoms with Crippen LogP contribution in [-0.2, 0) is 11.2 Å². The molecule has 1 aliphatic heterocycles. The number of fused-ring (bicyclic) bond motifs is 3. The molecule has 0 N–H and O–H groups in total. The highest BCUT2D eigenvalue weighted by molar-refractivity contribution is 6.30. The summed E-state index contributed by atoms with van der Waals surface area (Å²) in [5, 5.41) is 0. The van der Waals surface area contributed by atoms with E-state index in [4.69, 9.17) is 9.47 Å². The lowest BCUT2D eigenvalue weighted by molar-refractivity contribution is -0.114. The predicted octanol–water partition coefficient (Wildman–Crippen LogP) is 6.57. The van der Waals surface area contributed by atoms with Gasteiger partial charge in [-0.2, -0.15) is 0 Å². The van der Waals surface area contributed by atoms with Crippen molar-refractivity contribution in [3.8, 4) is 11.5 Å². The molecule has 35 heavy (non-hydrogen) atoms. The zero-order valence-electron chi connectivity index (χ0n) is 21.4. The number of ketones is 1. The molecular weight excluding hydrogens is 434 g/mol. The standard InChI is InChI=1S/C31H39NO3/c1-3-4-15-31-16-14-28(33)29(30(31)27-13-12-26(34-2)21-24(27)22-31)23-8-10-25(11-9-23)35-20-19-32-17-6-5-7-18-32/h8-13,21H,3-7,14-20,22H2,1-2H3. The van der Waals surface area contributed by atoms with Gasteiger partial charge in [0.2, 0.25) is 0 Å². The summed E-state index contributed by atoms with van der Waals surface area (Å²) in [5.41, 5.74) is 5.84. The van der Waals surface area contributed by atoms with E-state index in [1.807, 2.05) is 18.2 Å². The van der Waals surface area contributed by atoms with Gasteiger partial charge in [0.1, 0.15) is 18.1 Å². The summed E-state index contributed by atoms with van der Waals surface area (Å²) in [7, 11) is 1.72. The van der Waals surface area contributed by atoms with Crippen LogP contribution in [0.25, 0.3) is 11.1 Å². The second-order valence-electron chi connectivity index (χ2n) is 10.5. The molecule has 3 aliphatic rings. The highest BCUT2D eigenvalue weighted by atomic mass is 16.5. The lowest BCUT2D eigenvalue weighted by Crippen LogP contribution is -2.33. The Morgan fingerprint density at radius 1 is 1.00 bits per heavy atom. The third-order valence-electron chi connectivity index (χ3n) is 8.28. The van der Waals surface area contributed by atoms with Gasteiger partial charge in [0.05, 0.1) is 7.11 Å². The number of carbonyl (C=O) groups excluding carboxylic acids is 1. The lowest BCUT2D eigenvalue weighted by atomic mass is 9.66. The van der Waals surface area contributed by atoms with Gasteiger partial charge in [-0.15, -0.1) is 0 Å². The molecule has 1 unspecified atom stereocenters. The highest BCUT2D eigenvalue weighted by Crippen LogP contribution is 2.58. The normalized spacial score (nSPS) is 22.2. The number of Topliss-reactive ketones (excluding diaryl/α,β-unsaturated/α-hetero) is 1. The first-order chi connectivity index (χ1) is 17.1. The highest BCUT2D eigenvalue weighted by Gasteiger charge is 2.46. The first-order valence-corrected chi connectivity index (χ1v) is 13.5. The molecular formula is C31H39NO3. The van der Waals surface area contributed by atoms with Crippen LogP contribution in [0.3, 0.4) is 0 Å². The van der Waals surface area contributed by atoms with Crippen LogP contribution in [0.15, 0.2) is 42.5 Å². The number of hydrogen-bond acceptors (Lipinski definition) is 4. The fraction of sp³-hybridized carbons (Fsp3) is 0.516. The van der Waals surface area contributed by atoms with Gasteiger partial charge >= 0.3 is 0 Å². The Morgan fingerprint density at radius 2 is 1.77 bits per heavy atom. The average molecular weight is 474 g/mol. The van der Waals surface area contributed by atoms with Crippen LogP contribution in [0.5, 0.6) is 11.5 Å². The molecule has 0 saturated carbocycles. The number of methoxy groups -OCH3 is 1. The molecule has 2 aliphatic carbocycles. The molecule has 0 bridgehead atoms. The van der Waals surface area contributed by atoms with Crippen LogP contribution in [0, 0.1) is 5.41 Å². The summed E-state index contributed by atoms with van der Waals surface area (Å²) in [4.78, 5) is 15.9. The van der Waals surface area contributed by atoms with E-state index in [0.717, 1.165) is 48.4 Å². The number of likely N-dealkylation sites (tertiary alicyclic amines) is 1. The largest absolute Gasteiger partial charge is 0.497 e. The lowest BCUT2D eigenvalue weighted by Gasteiger charge is -2.36. The molecule has 4 nitrogen and oxygen atoms in total. The smallest absolute Gasteiger partial charge is 0.163 e. The van der Waals surface area contributed by atoms with Crippen molar-refractivity contribution in [3.05, 3.63) is 59.2 Å². The quantitative estimate of drug-likeness (QED) is 0.413. The minimum absolute atomic E-state index is 0.0531. The van der Waals surface area contributed by atoms with E-state index < -0.39 is 0 Å². The van der Waals surface area contributed by atoms with Gasteiger partial charge in [-0.05, 0) is 91.7 Å². The third kappa shape index (κ3) is 4.91. The van der Waals surface area contributed by atoms with Gasteiger partial charge in [-0.3, -0.25) is 9.69 Å². The van der Waals surface area contributed by atoms with Crippen LogP contribution in [0.1, 0.15) is 75.0 Å². The van der Waals surface area contributed by atoms with Crippen molar-refractivity contribution in [2.75, 3.05) is 33.4 Å². The van der Waals surface area contributed by atoms with Gasteiger partial charge in [-0.25, -0.2) is 0 Å². The van der Waals surface area contributed by atoms with Gasteiger partial charge in [-0.1, -0.05) is 44.4 Å². The maximum atomic E-state index is 13.4. The zero-order chi connectivity index (χ0) is 24.3. The van der Waals surface area contributed by atoms with Crippen molar-refractivity contribution in [2.45, 2.75) is 64.7 Å². The number of allylic oxidation sites excluding steroid dienone is 2.